The third-order valence-electron chi connectivity index (χ3n) is 5.79. The lowest BCUT2D eigenvalue weighted by Crippen LogP contribution is -2.36. The van der Waals surface area contributed by atoms with Crippen LogP contribution in [0.1, 0.15) is 24.5 Å². The molecule has 2 aromatic carbocycles. The predicted octanol–water partition coefficient (Wildman–Crippen LogP) is 2.04. The predicted molar refractivity (Wildman–Crippen MR) is 122 cm³/mol. The van der Waals surface area contributed by atoms with Gasteiger partial charge in [0.1, 0.15) is 17.1 Å². The van der Waals surface area contributed by atoms with Crippen molar-refractivity contribution < 1.29 is 18.7 Å². The zero-order valence-electron chi connectivity index (χ0n) is 18.7. The molecular formula is C25H26N2O5. The Labute approximate surface area is 185 Å². The molecule has 3 aromatic rings. The average molecular weight is 434 g/mol. The van der Waals surface area contributed by atoms with E-state index in [1.807, 2.05) is 25.1 Å². The number of rotatable bonds is 7. The van der Waals surface area contributed by atoms with Crippen LogP contribution in [-0.2, 0) is 11.2 Å². The minimum absolute atomic E-state index is 0.0695. The number of ether oxygens (including phenoxy) is 2. The summed E-state index contributed by atoms with van der Waals surface area (Å²) in [6.07, 6.45) is 0.630. The topological polar surface area (TPSA) is 90.1 Å². The maximum atomic E-state index is 12.8. The Morgan fingerprint density at radius 2 is 2.00 bits per heavy atom. The van der Waals surface area contributed by atoms with Crippen molar-refractivity contribution in [3.63, 3.8) is 0 Å². The lowest BCUT2D eigenvalue weighted by molar-refractivity contribution is -0.121. The minimum atomic E-state index is -0.536. The summed E-state index contributed by atoms with van der Waals surface area (Å²) < 4.78 is 16.2. The number of amides is 1. The largest absolute Gasteiger partial charge is 0.496 e. The van der Waals surface area contributed by atoms with Gasteiger partial charge < -0.3 is 19.2 Å². The third-order valence-corrected chi connectivity index (χ3v) is 5.79. The van der Waals surface area contributed by atoms with E-state index in [1.54, 1.807) is 19.1 Å². The number of fused-ring (bicyclic) bond motifs is 2. The molecule has 1 N–H and O–H groups in total. The fraction of sp³-hybridized carbons (Fsp3) is 0.320. The van der Waals surface area contributed by atoms with Crippen LogP contribution >= 0.6 is 0 Å². The molecule has 0 bridgehead atoms. The Hall–Kier alpha value is -3.61. The van der Waals surface area contributed by atoms with Crippen LogP contribution in [0, 0.1) is 6.92 Å². The Bertz CT molecular complexity index is 1370. The maximum absolute atomic E-state index is 12.8. The fourth-order valence-corrected chi connectivity index (χ4v) is 4.22. The maximum Gasteiger partial charge on any atom is 0.340 e. The normalized spacial score (nSPS) is 13.4. The summed E-state index contributed by atoms with van der Waals surface area (Å²) in [5.74, 6) is 0.813. The van der Waals surface area contributed by atoms with Gasteiger partial charge in [-0.3, -0.25) is 9.79 Å². The standard InChI is InChI=1S/C25H26N2O5/c1-14(9-16-13-26-20-8-6-5-7-18(16)20)27-23(28)12-19-15(2)24-21(31-4)10-17(30-3)11-22(24)32-25(19)29/h5-8,10-11,14H,9,12-13H2,1-4H3,(H,27,28)/t14-/m1/s1. The van der Waals surface area contributed by atoms with E-state index in [-0.39, 0.29) is 18.4 Å². The molecule has 166 valence electrons. The molecular weight excluding hydrogens is 408 g/mol. The van der Waals surface area contributed by atoms with Gasteiger partial charge in [0.05, 0.1) is 43.5 Å². The van der Waals surface area contributed by atoms with Crippen molar-refractivity contribution in [1.29, 1.82) is 0 Å². The van der Waals surface area contributed by atoms with Gasteiger partial charge in [0.2, 0.25) is 5.91 Å². The van der Waals surface area contributed by atoms with Crippen molar-refractivity contribution in [1.82, 2.24) is 5.32 Å². The van der Waals surface area contributed by atoms with Gasteiger partial charge in [-0.2, -0.15) is 0 Å². The second-order valence-corrected chi connectivity index (χ2v) is 7.98. The van der Waals surface area contributed by atoms with Crippen LogP contribution in [0.15, 0.2) is 50.6 Å². The number of carbonyl (C=O) groups excluding carboxylic acids is 1. The van der Waals surface area contributed by atoms with Crippen molar-refractivity contribution in [3.05, 3.63) is 68.5 Å². The zero-order chi connectivity index (χ0) is 22.8. The van der Waals surface area contributed by atoms with Gasteiger partial charge in [-0.1, -0.05) is 18.2 Å². The van der Waals surface area contributed by atoms with Gasteiger partial charge in [-0.05, 0) is 37.5 Å². The summed E-state index contributed by atoms with van der Waals surface area (Å²) in [5, 5.41) is 5.80. The first-order chi connectivity index (χ1) is 15.4. The van der Waals surface area contributed by atoms with Crippen molar-refractivity contribution in [2.45, 2.75) is 32.7 Å². The number of para-hydroxylation sites is 1. The first kappa shape index (κ1) is 21.6. The monoisotopic (exact) mass is 434 g/mol. The molecule has 7 nitrogen and oxygen atoms in total. The molecule has 1 aliphatic heterocycles. The number of nitrogens with zero attached hydrogens (tertiary/aromatic N) is 1. The van der Waals surface area contributed by atoms with E-state index in [0.717, 1.165) is 10.6 Å². The highest BCUT2D eigenvalue weighted by Crippen LogP contribution is 2.33. The first-order valence-electron chi connectivity index (χ1n) is 10.5. The minimum Gasteiger partial charge on any atom is -0.496 e. The van der Waals surface area contributed by atoms with E-state index >= 15 is 0 Å². The first-order valence-corrected chi connectivity index (χ1v) is 10.5. The highest BCUT2D eigenvalue weighted by molar-refractivity contribution is 5.90. The second-order valence-electron chi connectivity index (χ2n) is 7.98. The summed E-state index contributed by atoms with van der Waals surface area (Å²) in [6, 6.07) is 11.3. The molecule has 0 fully saturated rings. The Morgan fingerprint density at radius 1 is 1.22 bits per heavy atom. The number of benzene rings is 2. The van der Waals surface area contributed by atoms with Gasteiger partial charge >= 0.3 is 5.63 Å². The van der Waals surface area contributed by atoms with E-state index < -0.39 is 5.63 Å². The molecule has 4 rings (SSSR count). The van der Waals surface area contributed by atoms with E-state index in [2.05, 4.69) is 16.4 Å². The molecule has 7 heteroatoms. The van der Waals surface area contributed by atoms with Crippen LogP contribution in [0.5, 0.6) is 11.5 Å². The zero-order valence-corrected chi connectivity index (χ0v) is 18.7. The number of carbonyl (C=O) groups is 1. The molecule has 0 spiro atoms. The molecule has 2 heterocycles. The van der Waals surface area contributed by atoms with Gasteiger partial charge in [-0.15, -0.1) is 0 Å². The Kier molecular flexibility index (Phi) is 5.99. The highest BCUT2D eigenvalue weighted by atomic mass is 16.5. The Morgan fingerprint density at radius 3 is 2.75 bits per heavy atom. The lowest BCUT2D eigenvalue weighted by atomic mass is 10.0. The van der Waals surface area contributed by atoms with Crippen LogP contribution in [-0.4, -0.2) is 32.7 Å². The number of methoxy groups -OCH3 is 2. The molecule has 1 aliphatic rings. The summed E-state index contributed by atoms with van der Waals surface area (Å²) in [4.78, 5) is 29.9. The van der Waals surface area contributed by atoms with E-state index in [9.17, 15) is 9.59 Å². The van der Waals surface area contributed by atoms with Crippen LogP contribution < -0.4 is 31.0 Å². The molecule has 0 saturated carbocycles. The smallest absolute Gasteiger partial charge is 0.340 e. The molecule has 0 saturated heterocycles. The van der Waals surface area contributed by atoms with Crippen LogP contribution in [0.25, 0.3) is 16.5 Å². The number of aryl methyl sites for hydroxylation is 1. The highest BCUT2D eigenvalue weighted by Gasteiger charge is 2.20. The van der Waals surface area contributed by atoms with Gasteiger partial charge in [0.25, 0.3) is 0 Å². The summed E-state index contributed by atoms with van der Waals surface area (Å²) >= 11 is 0. The molecule has 0 aliphatic carbocycles. The molecule has 1 amide bonds. The SMILES string of the molecule is COc1cc(OC)c2c(C)c(CC(=O)N[C@H](C)CC3=c4ccccc4=NC3)c(=O)oc2c1. The van der Waals surface area contributed by atoms with E-state index in [0.29, 0.717) is 46.6 Å². The van der Waals surface area contributed by atoms with E-state index in [1.165, 1.54) is 19.8 Å². The summed E-state index contributed by atoms with van der Waals surface area (Å²) in [6.45, 7) is 4.40. The van der Waals surface area contributed by atoms with Crippen LogP contribution in [0.3, 0.4) is 0 Å². The number of nitrogens with one attached hydrogen (secondary N) is 1. The molecule has 0 radical (unpaired) electrons. The molecule has 0 unspecified atom stereocenters. The quantitative estimate of drug-likeness (QED) is 0.575. The number of hydrogen-bond acceptors (Lipinski definition) is 6. The molecule has 1 aromatic heterocycles. The van der Waals surface area contributed by atoms with Crippen LogP contribution in [0.4, 0.5) is 0 Å². The average Bonchev–Trinajstić information content (AvgIpc) is 3.18. The second kappa shape index (κ2) is 8.86. The fourth-order valence-electron chi connectivity index (χ4n) is 4.22. The molecule has 32 heavy (non-hydrogen) atoms. The summed E-state index contributed by atoms with van der Waals surface area (Å²) in [5.41, 5.74) is 2.01. The van der Waals surface area contributed by atoms with E-state index in [4.69, 9.17) is 13.9 Å². The van der Waals surface area contributed by atoms with Gasteiger partial charge in [0, 0.05) is 23.4 Å². The van der Waals surface area contributed by atoms with Crippen molar-refractivity contribution in [2.24, 2.45) is 4.99 Å². The van der Waals surface area contributed by atoms with Gasteiger partial charge in [0.15, 0.2) is 0 Å². The van der Waals surface area contributed by atoms with Crippen molar-refractivity contribution >= 4 is 22.4 Å². The van der Waals surface area contributed by atoms with Crippen molar-refractivity contribution in [2.75, 3.05) is 20.8 Å². The summed E-state index contributed by atoms with van der Waals surface area (Å²) in [7, 11) is 3.07. The molecule has 1 atom stereocenters. The Balaban J connectivity index is 1.55. The number of hydrogen-bond donors (Lipinski definition) is 1. The van der Waals surface area contributed by atoms with Crippen LogP contribution in [0.2, 0.25) is 0 Å². The van der Waals surface area contributed by atoms with Crippen molar-refractivity contribution in [3.8, 4) is 11.5 Å². The third kappa shape index (κ3) is 4.10. The lowest BCUT2D eigenvalue weighted by Gasteiger charge is -2.16. The van der Waals surface area contributed by atoms with Gasteiger partial charge in [-0.25, -0.2) is 4.79 Å².